The molecule has 0 unspecified atom stereocenters. The van der Waals surface area contributed by atoms with Gasteiger partial charge in [0.1, 0.15) is 17.3 Å². The number of nitro benzene ring substituents is 1. The number of ether oxygens (including phenoxy) is 1. The Kier molecular flexibility index (Phi) is 4.79. The molecule has 0 aliphatic rings. The lowest BCUT2D eigenvalue weighted by atomic mass is 10.1. The Morgan fingerprint density at radius 1 is 1.37 bits per heavy atom. The topological polar surface area (TPSA) is 172 Å². The summed E-state index contributed by atoms with van der Waals surface area (Å²) >= 11 is 0. The van der Waals surface area contributed by atoms with Gasteiger partial charge in [0.25, 0.3) is 11.6 Å². The van der Waals surface area contributed by atoms with E-state index in [1.165, 1.54) is 37.6 Å². The number of nitro groups is 1. The van der Waals surface area contributed by atoms with Crippen LogP contribution >= 0.6 is 0 Å². The highest BCUT2D eigenvalue weighted by molar-refractivity contribution is 5.96. The number of carbonyl (C=O) groups excluding carboxylic acids is 1. The normalized spacial score (nSPS) is 10.9. The number of hydrogen-bond acceptors (Lipinski definition) is 10. The highest BCUT2D eigenvalue weighted by Crippen LogP contribution is 2.33. The maximum Gasteiger partial charge on any atom is 0.297 e. The molecule has 0 fully saturated rings. The molecule has 0 saturated carbocycles. The molecular weight excluding hydrogens is 360 g/mol. The van der Waals surface area contributed by atoms with E-state index >= 15 is 0 Å². The van der Waals surface area contributed by atoms with Crippen molar-refractivity contribution in [2.75, 3.05) is 12.8 Å². The van der Waals surface area contributed by atoms with Gasteiger partial charge in [0.15, 0.2) is 0 Å². The summed E-state index contributed by atoms with van der Waals surface area (Å²) < 4.78 is 14.8. The Bertz CT molecular complexity index is 1020. The second kappa shape index (κ2) is 7.35. The van der Waals surface area contributed by atoms with E-state index in [2.05, 4.69) is 25.5 Å². The first kappa shape index (κ1) is 17.6. The second-order valence-corrected chi connectivity index (χ2v) is 5.04. The summed E-state index contributed by atoms with van der Waals surface area (Å²) in [6.45, 7) is 0. The highest BCUT2D eigenvalue weighted by Gasteiger charge is 2.19. The van der Waals surface area contributed by atoms with Crippen molar-refractivity contribution in [3.63, 3.8) is 0 Å². The number of carbonyl (C=O) groups is 1. The van der Waals surface area contributed by atoms with Gasteiger partial charge in [0.05, 0.1) is 29.9 Å². The molecule has 2 aromatic heterocycles. The SMILES string of the molecule is COc1ccc(-c2ccc(/C=N\NC(=O)c3nonc3N)o2)c([N+](=O)[O-])c1. The van der Waals surface area contributed by atoms with Crippen molar-refractivity contribution in [3.05, 3.63) is 51.9 Å². The van der Waals surface area contributed by atoms with Crippen LogP contribution in [0.2, 0.25) is 0 Å². The molecule has 12 nitrogen and oxygen atoms in total. The number of aromatic nitrogens is 2. The van der Waals surface area contributed by atoms with Gasteiger partial charge >= 0.3 is 0 Å². The van der Waals surface area contributed by atoms with Gasteiger partial charge in [-0.25, -0.2) is 10.1 Å². The molecule has 1 aromatic carbocycles. The fourth-order valence-electron chi connectivity index (χ4n) is 2.13. The smallest absolute Gasteiger partial charge is 0.297 e. The lowest BCUT2D eigenvalue weighted by Gasteiger charge is -2.03. The van der Waals surface area contributed by atoms with Crippen molar-refractivity contribution in [3.8, 4) is 17.1 Å². The minimum atomic E-state index is -0.720. The summed E-state index contributed by atoms with van der Waals surface area (Å²) in [5.74, 6) is -0.0377. The van der Waals surface area contributed by atoms with Gasteiger partial charge < -0.3 is 14.9 Å². The lowest BCUT2D eigenvalue weighted by Crippen LogP contribution is -2.19. The average molecular weight is 372 g/mol. The molecule has 3 N–H and O–H groups in total. The number of benzene rings is 1. The first-order chi connectivity index (χ1) is 13.0. The minimum Gasteiger partial charge on any atom is -0.497 e. The maximum absolute atomic E-state index is 11.7. The molecule has 0 atom stereocenters. The summed E-state index contributed by atoms with van der Waals surface area (Å²) in [4.78, 5) is 22.5. The van der Waals surface area contributed by atoms with Gasteiger partial charge in [-0.05, 0) is 34.6 Å². The number of hydrogen-bond donors (Lipinski definition) is 2. The number of nitrogens with one attached hydrogen (secondary N) is 1. The number of rotatable bonds is 6. The standard InChI is InChI=1S/C15H12N6O6/c1-25-8-2-4-10(11(6-8)21(23)24)12-5-3-9(26-12)7-17-18-15(22)13-14(16)20-27-19-13/h2-7H,1H3,(H2,16,20)(H,18,22)/b17-7-. The number of nitrogen functional groups attached to an aromatic ring is 1. The molecule has 3 rings (SSSR count). The molecule has 0 aliphatic heterocycles. The molecule has 1 amide bonds. The highest BCUT2D eigenvalue weighted by atomic mass is 16.6. The van der Waals surface area contributed by atoms with Gasteiger partial charge in [-0.1, -0.05) is 0 Å². The van der Waals surface area contributed by atoms with Crippen LogP contribution in [0.15, 0.2) is 44.5 Å². The van der Waals surface area contributed by atoms with Crippen LogP contribution in [0.1, 0.15) is 16.2 Å². The van der Waals surface area contributed by atoms with Gasteiger partial charge in [0.2, 0.25) is 11.5 Å². The van der Waals surface area contributed by atoms with Crippen molar-refractivity contribution in [2.45, 2.75) is 0 Å². The van der Waals surface area contributed by atoms with Crippen LogP contribution in [0, 0.1) is 10.1 Å². The quantitative estimate of drug-likeness (QED) is 0.370. The third-order valence-electron chi connectivity index (χ3n) is 3.38. The van der Waals surface area contributed by atoms with E-state index in [0.717, 1.165) is 0 Å². The van der Waals surface area contributed by atoms with E-state index in [0.29, 0.717) is 5.75 Å². The molecular formula is C15H12N6O6. The molecule has 0 bridgehead atoms. The zero-order valence-corrected chi connectivity index (χ0v) is 13.8. The van der Waals surface area contributed by atoms with Crippen LogP contribution < -0.4 is 15.9 Å². The van der Waals surface area contributed by atoms with Crippen LogP contribution in [0.4, 0.5) is 11.5 Å². The summed E-state index contributed by atoms with van der Waals surface area (Å²) in [6.07, 6.45) is 1.21. The van der Waals surface area contributed by atoms with Crippen molar-refractivity contribution < 1.29 is 23.5 Å². The zero-order valence-electron chi connectivity index (χ0n) is 13.8. The molecule has 27 heavy (non-hydrogen) atoms. The predicted octanol–water partition coefficient (Wildman–Crippen LogP) is 1.59. The summed E-state index contributed by atoms with van der Waals surface area (Å²) in [7, 11) is 1.41. The predicted molar refractivity (Wildman–Crippen MR) is 91.1 cm³/mol. The van der Waals surface area contributed by atoms with E-state index in [1.807, 2.05) is 0 Å². The molecule has 0 radical (unpaired) electrons. The average Bonchev–Trinajstić information content (AvgIpc) is 3.30. The number of nitrogens with zero attached hydrogens (tertiary/aromatic N) is 4. The number of amides is 1. The van der Waals surface area contributed by atoms with E-state index in [4.69, 9.17) is 14.9 Å². The van der Waals surface area contributed by atoms with E-state index in [-0.39, 0.29) is 34.3 Å². The Labute approximate surface area is 150 Å². The maximum atomic E-state index is 11.7. The third-order valence-corrected chi connectivity index (χ3v) is 3.38. The number of methoxy groups -OCH3 is 1. The number of hydrazone groups is 1. The zero-order chi connectivity index (χ0) is 19.4. The van der Waals surface area contributed by atoms with Crippen molar-refractivity contribution in [1.82, 2.24) is 15.7 Å². The first-order valence-electron chi connectivity index (χ1n) is 7.33. The monoisotopic (exact) mass is 372 g/mol. The minimum absolute atomic E-state index is 0.171. The molecule has 12 heteroatoms. The Morgan fingerprint density at radius 3 is 2.85 bits per heavy atom. The molecule has 3 aromatic rings. The summed E-state index contributed by atoms with van der Waals surface area (Å²) in [5, 5.41) is 21.6. The molecule has 0 saturated heterocycles. The van der Waals surface area contributed by atoms with Gasteiger partial charge in [-0.3, -0.25) is 14.9 Å². The Balaban J connectivity index is 1.76. The first-order valence-corrected chi connectivity index (χ1v) is 7.33. The fraction of sp³-hybridized carbons (Fsp3) is 0.0667. The molecule has 0 aliphatic carbocycles. The Morgan fingerprint density at radius 2 is 2.19 bits per heavy atom. The number of furan rings is 1. The number of anilines is 1. The van der Waals surface area contributed by atoms with Crippen LogP contribution in [0.25, 0.3) is 11.3 Å². The lowest BCUT2D eigenvalue weighted by molar-refractivity contribution is -0.384. The van der Waals surface area contributed by atoms with Crippen LogP contribution in [-0.4, -0.2) is 34.5 Å². The second-order valence-electron chi connectivity index (χ2n) is 5.04. The van der Waals surface area contributed by atoms with E-state index in [9.17, 15) is 14.9 Å². The molecule has 2 heterocycles. The molecule has 138 valence electrons. The van der Waals surface area contributed by atoms with Gasteiger partial charge in [-0.15, -0.1) is 0 Å². The van der Waals surface area contributed by atoms with Crippen LogP contribution in [0.3, 0.4) is 0 Å². The van der Waals surface area contributed by atoms with Gasteiger partial charge in [0, 0.05) is 0 Å². The van der Waals surface area contributed by atoms with Crippen LogP contribution in [-0.2, 0) is 0 Å². The molecule has 0 spiro atoms. The van der Waals surface area contributed by atoms with Crippen molar-refractivity contribution >= 4 is 23.6 Å². The summed E-state index contributed by atoms with van der Waals surface area (Å²) in [5.41, 5.74) is 7.45. The van der Waals surface area contributed by atoms with Crippen molar-refractivity contribution in [2.24, 2.45) is 5.10 Å². The Hall–Kier alpha value is -4.22. The largest absolute Gasteiger partial charge is 0.497 e. The van der Waals surface area contributed by atoms with E-state index < -0.39 is 10.8 Å². The van der Waals surface area contributed by atoms with Gasteiger partial charge in [-0.2, -0.15) is 5.10 Å². The van der Waals surface area contributed by atoms with E-state index in [1.54, 1.807) is 6.07 Å². The fourth-order valence-corrected chi connectivity index (χ4v) is 2.13. The summed E-state index contributed by atoms with van der Waals surface area (Å²) in [6, 6.07) is 7.46. The van der Waals surface area contributed by atoms with Crippen molar-refractivity contribution in [1.29, 1.82) is 0 Å². The van der Waals surface area contributed by atoms with Crippen LogP contribution in [0.5, 0.6) is 5.75 Å². The third kappa shape index (κ3) is 3.73. The number of nitrogens with two attached hydrogens (primary N) is 1.